The van der Waals surface area contributed by atoms with Gasteiger partial charge in [-0.2, -0.15) is 5.10 Å². The number of halogens is 2. The molecule has 180 valence electrons. The number of nitrogens with zero attached hydrogens (tertiary/aromatic N) is 3. The zero-order valence-corrected chi connectivity index (χ0v) is 18.8. The third-order valence-corrected chi connectivity index (χ3v) is 5.38. The summed E-state index contributed by atoms with van der Waals surface area (Å²) < 4.78 is 45.1. The zero-order chi connectivity index (χ0) is 23.9. The number of hydrogen-bond acceptors (Lipinski definition) is 6. The molecule has 1 aliphatic heterocycles. The van der Waals surface area contributed by atoms with Crippen molar-refractivity contribution in [1.29, 1.82) is 0 Å². The molecule has 0 radical (unpaired) electrons. The van der Waals surface area contributed by atoms with Crippen LogP contribution in [0.3, 0.4) is 0 Å². The fourth-order valence-electron chi connectivity index (χ4n) is 3.61. The summed E-state index contributed by atoms with van der Waals surface area (Å²) in [6.07, 6.45) is 1.68. The van der Waals surface area contributed by atoms with E-state index in [1.807, 2.05) is 13.1 Å². The van der Waals surface area contributed by atoms with Crippen LogP contribution >= 0.6 is 0 Å². The van der Waals surface area contributed by atoms with Gasteiger partial charge < -0.3 is 19.5 Å². The summed E-state index contributed by atoms with van der Waals surface area (Å²) in [5.41, 5.74) is 2.11. The molecular formula is C24H26F2N4O4. The Kier molecular flexibility index (Phi) is 7.71. The topological polar surface area (TPSA) is 77.9 Å². The van der Waals surface area contributed by atoms with Crippen LogP contribution in [0.4, 0.5) is 14.5 Å². The Hall–Kier alpha value is -3.50. The maximum Gasteiger partial charge on any atom is 0.262 e. The number of ether oxygens (including phenoxy) is 3. The van der Waals surface area contributed by atoms with E-state index in [1.165, 1.54) is 0 Å². The van der Waals surface area contributed by atoms with Crippen LogP contribution in [0, 0.1) is 11.6 Å². The Morgan fingerprint density at radius 2 is 1.88 bits per heavy atom. The molecule has 1 aliphatic rings. The van der Waals surface area contributed by atoms with E-state index in [9.17, 15) is 13.6 Å². The lowest BCUT2D eigenvalue weighted by atomic mass is 10.1. The highest BCUT2D eigenvalue weighted by Crippen LogP contribution is 2.32. The summed E-state index contributed by atoms with van der Waals surface area (Å²) in [7, 11) is 1.82. The molecule has 1 fully saturated rings. The molecule has 2 heterocycles. The van der Waals surface area contributed by atoms with E-state index in [-0.39, 0.29) is 5.75 Å². The SMILES string of the molecule is Cn1nccc1-c1cc(NC(=O)COc2ccc(F)cc2F)ccc1OCCN1CCOCC1. The van der Waals surface area contributed by atoms with Crippen molar-refractivity contribution in [3.05, 3.63) is 60.3 Å². The molecule has 1 aromatic heterocycles. The lowest BCUT2D eigenvalue weighted by Crippen LogP contribution is -2.38. The maximum atomic E-state index is 13.7. The quantitative estimate of drug-likeness (QED) is 0.516. The standard InChI is InChI=1S/C24H26F2N4O4/c1-29-21(6-7-27-29)19-15-18(3-5-22(19)33-13-10-30-8-11-32-12-9-30)28-24(31)16-34-23-4-2-17(25)14-20(23)26/h2-7,14-15H,8-13,16H2,1H3,(H,28,31). The summed E-state index contributed by atoms with van der Waals surface area (Å²) in [6, 6.07) is 10.1. The van der Waals surface area contributed by atoms with Crippen molar-refractivity contribution in [2.75, 3.05) is 51.4 Å². The molecule has 8 nitrogen and oxygen atoms in total. The predicted molar refractivity (Wildman–Crippen MR) is 122 cm³/mol. The van der Waals surface area contributed by atoms with Crippen LogP contribution in [0.1, 0.15) is 0 Å². The van der Waals surface area contributed by atoms with Gasteiger partial charge in [-0.3, -0.25) is 14.4 Å². The number of aryl methyl sites for hydroxylation is 1. The number of nitrogens with one attached hydrogen (secondary N) is 1. The van der Waals surface area contributed by atoms with Crippen LogP contribution in [0.2, 0.25) is 0 Å². The Labute approximate surface area is 196 Å². The molecule has 0 saturated carbocycles. The van der Waals surface area contributed by atoms with Crippen LogP contribution in [0.15, 0.2) is 48.7 Å². The summed E-state index contributed by atoms with van der Waals surface area (Å²) in [4.78, 5) is 14.6. The number of anilines is 1. The first-order valence-electron chi connectivity index (χ1n) is 10.9. The van der Waals surface area contributed by atoms with E-state index < -0.39 is 24.1 Å². The number of aromatic nitrogens is 2. The summed E-state index contributed by atoms with van der Waals surface area (Å²) >= 11 is 0. The second-order valence-electron chi connectivity index (χ2n) is 7.77. The normalized spacial score (nSPS) is 14.1. The number of morpholine rings is 1. The summed E-state index contributed by atoms with van der Waals surface area (Å²) in [6.45, 7) is 4.08. The van der Waals surface area contributed by atoms with E-state index in [0.717, 1.165) is 56.2 Å². The van der Waals surface area contributed by atoms with Gasteiger partial charge >= 0.3 is 0 Å². The molecule has 10 heteroatoms. The Bertz CT molecular complexity index is 1130. The largest absolute Gasteiger partial charge is 0.492 e. The van der Waals surface area contributed by atoms with Crippen molar-refractivity contribution in [1.82, 2.24) is 14.7 Å². The molecule has 1 amide bonds. The second kappa shape index (κ2) is 11.1. The first-order chi connectivity index (χ1) is 16.5. The van der Waals surface area contributed by atoms with E-state index in [4.69, 9.17) is 14.2 Å². The van der Waals surface area contributed by atoms with Gasteiger partial charge in [0.2, 0.25) is 0 Å². The number of hydrogen-bond donors (Lipinski definition) is 1. The molecule has 1 saturated heterocycles. The number of carbonyl (C=O) groups is 1. The lowest BCUT2D eigenvalue weighted by Gasteiger charge is -2.26. The molecule has 34 heavy (non-hydrogen) atoms. The Morgan fingerprint density at radius 1 is 1.09 bits per heavy atom. The van der Waals surface area contributed by atoms with Crippen molar-refractivity contribution in [2.24, 2.45) is 7.05 Å². The minimum Gasteiger partial charge on any atom is -0.492 e. The number of amides is 1. The highest BCUT2D eigenvalue weighted by atomic mass is 19.1. The molecule has 0 spiro atoms. The van der Waals surface area contributed by atoms with Crippen molar-refractivity contribution in [2.45, 2.75) is 0 Å². The van der Waals surface area contributed by atoms with E-state index in [1.54, 1.807) is 29.1 Å². The van der Waals surface area contributed by atoms with Crippen molar-refractivity contribution in [3.8, 4) is 22.8 Å². The molecule has 0 aliphatic carbocycles. The fourth-order valence-corrected chi connectivity index (χ4v) is 3.61. The number of benzene rings is 2. The molecule has 0 unspecified atom stereocenters. The predicted octanol–water partition coefficient (Wildman–Crippen LogP) is 3.09. The molecule has 1 N–H and O–H groups in total. The monoisotopic (exact) mass is 472 g/mol. The zero-order valence-electron chi connectivity index (χ0n) is 18.8. The second-order valence-corrected chi connectivity index (χ2v) is 7.77. The van der Waals surface area contributed by atoms with Gasteiger partial charge in [-0.1, -0.05) is 0 Å². The summed E-state index contributed by atoms with van der Waals surface area (Å²) in [5, 5.41) is 6.96. The molecule has 4 rings (SSSR count). The van der Waals surface area contributed by atoms with Gasteiger partial charge in [0.1, 0.15) is 18.2 Å². The third kappa shape index (κ3) is 6.09. The van der Waals surface area contributed by atoms with Gasteiger partial charge in [0.15, 0.2) is 18.2 Å². The maximum absolute atomic E-state index is 13.7. The number of carbonyl (C=O) groups excluding carboxylic acids is 1. The van der Waals surface area contributed by atoms with Crippen LogP contribution in [0.5, 0.6) is 11.5 Å². The van der Waals surface area contributed by atoms with Crippen molar-refractivity contribution >= 4 is 11.6 Å². The van der Waals surface area contributed by atoms with Crippen LogP contribution in [-0.2, 0) is 16.6 Å². The highest BCUT2D eigenvalue weighted by molar-refractivity contribution is 5.93. The van der Waals surface area contributed by atoms with Gasteiger partial charge in [0, 0.05) is 50.2 Å². The molecule has 0 atom stereocenters. The Balaban J connectivity index is 1.42. The minimum absolute atomic E-state index is 0.198. The smallest absolute Gasteiger partial charge is 0.262 e. The molecule has 2 aromatic carbocycles. The molecular weight excluding hydrogens is 446 g/mol. The van der Waals surface area contributed by atoms with Crippen molar-refractivity contribution in [3.63, 3.8) is 0 Å². The third-order valence-electron chi connectivity index (χ3n) is 5.38. The first kappa shape index (κ1) is 23.7. The average Bonchev–Trinajstić information content (AvgIpc) is 3.25. The van der Waals surface area contributed by atoms with Gasteiger partial charge in [0.25, 0.3) is 5.91 Å². The minimum atomic E-state index is -0.870. The van der Waals surface area contributed by atoms with Gasteiger partial charge in [0.05, 0.1) is 18.9 Å². The van der Waals surface area contributed by atoms with Gasteiger partial charge in [-0.25, -0.2) is 8.78 Å². The van der Waals surface area contributed by atoms with Crippen LogP contribution in [0.25, 0.3) is 11.3 Å². The average molecular weight is 472 g/mol. The number of rotatable bonds is 9. The van der Waals surface area contributed by atoms with Gasteiger partial charge in [-0.05, 0) is 36.4 Å². The fraction of sp³-hybridized carbons (Fsp3) is 0.333. The summed E-state index contributed by atoms with van der Waals surface area (Å²) in [5.74, 6) is -1.61. The molecule has 0 bridgehead atoms. The van der Waals surface area contributed by atoms with E-state index >= 15 is 0 Å². The van der Waals surface area contributed by atoms with E-state index in [2.05, 4.69) is 15.3 Å². The highest BCUT2D eigenvalue weighted by Gasteiger charge is 2.15. The molecule has 3 aromatic rings. The van der Waals surface area contributed by atoms with Crippen molar-refractivity contribution < 1.29 is 27.8 Å². The Morgan fingerprint density at radius 3 is 2.62 bits per heavy atom. The van der Waals surface area contributed by atoms with Crippen LogP contribution < -0.4 is 14.8 Å². The van der Waals surface area contributed by atoms with Gasteiger partial charge in [-0.15, -0.1) is 0 Å². The lowest BCUT2D eigenvalue weighted by molar-refractivity contribution is -0.118. The first-order valence-corrected chi connectivity index (χ1v) is 10.9. The van der Waals surface area contributed by atoms with E-state index in [0.29, 0.717) is 24.1 Å². The van der Waals surface area contributed by atoms with Crippen LogP contribution in [-0.4, -0.2) is 66.6 Å².